The lowest BCUT2D eigenvalue weighted by Gasteiger charge is -2.36. The number of carbonyl (C=O) groups excluding carboxylic acids is 1. The van der Waals surface area contributed by atoms with E-state index in [1.807, 2.05) is 11.8 Å². The third-order valence-corrected chi connectivity index (χ3v) is 7.00. The number of pyridine rings is 2. The fourth-order valence-corrected chi connectivity index (χ4v) is 4.99. The first-order valence-electron chi connectivity index (χ1n) is 11.6. The van der Waals surface area contributed by atoms with Crippen LogP contribution in [0, 0.1) is 12.7 Å². The van der Waals surface area contributed by atoms with Gasteiger partial charge in [-0.25, -0.2) is 24.3 Å². The predicted molar refractivity (Wildman–Crippen MR) is 128 cm³/mol. The Morgan fingerprint density at radius 3 is 2.79 bits per heavy atom. The van der Waals surface area contributed by atoms with Gasteiger partial charge < -0.3 is 15.5 Å². The first-order chi connectivity index (χ1) is 16.4. The average Bonchev–Trinajstić information content (AvgIpc) is 3.26. The Morgan fingerprint density at radius 2 is 2.03 bits per heavy atom. The van der Waals surface area contributed by atoms with Crippen molar-refractivity contribution < 1.29 is 9.18 Å². The van der Waals surface area contributed by atoms with Gasteiger partial charge in [-0.1, -0.05) is 0 Å². The number of amides is 1. The van der Waals surface area contributed by atoms with Gasteiger partial charge in [0.25, 0.3) is 0 Å². The summed E-state index contributed by atoms with van der Waals surface area (Å²) in [6.45, 7) is 4.92. The van der Waals surface area contributed by atoms with Crippen molar-refractivity contribution in [1.82, 2.24) is 24.8 Å². The van der Waals surface area contributed by atoms with Gasteiger partial charge in [-0.15, -0.1) is 0 Å². The van der Waals surface area contributed by atoms with Crippen LogP contribution in [0.3, 0.4) is 0 Å². The molecule has 5 heterocycles. The van der Waals surface area contributed by atoms with Gasteiger partial charge in [-0.05, 0) is 56.9 Å². The van der Waals surface area contributed by atoms with Crippen LogP contribution in [0.2, 0.25) is 0 Å². The standard InChI is InChI=1S/C25H28FN7O/c1-15(18-12-21(27-3)30-13-20(18)26)24(34)33-10-7-25(14-33)6-5-17-11-19(16(2)31-22(17)32-25)23-28-8-4-9-29-23/h4,8-9,11-13,15H,5-7,10,14H2,1-3H3,(H,27,30)(H,31,32)/t15-,25-/m0/s1. The van der Waals surface area contributed by atoms with Crippen LogP contribution in [0.25, 0.3) is 11.4 Å². The lowest BCUT2D eigenvalue weighted by Crippen LogP contribution is -2.46. The minimum Gasteiger partial charge on any atom is -0.373 e. The highest BCUT2D eigenvalue weighted by atomic mass is 19.1. The maximum atomic E-state index is 14.4. The molecule has 2 aliphatic heterocycles. The van der Waals surface area contributed by atoms with Gasteiger partial charge in [-0.2, -0.15) is 0 Å². The van der Waals surface area contributed by atoms with Crippen molar-refractivity contribution in [1.29, 1.82) is 0 Å². The molecule has 1 fully saturated rings. The molecule has 9 heteroatoms. The van der Waals surface area contributed by atoms with E-state index in [2.05, 4.69) is 31.7 Å². The molecular weight excluding hydrogens is 433 g/mol. The van der Waals surface area contributed by atoms with E-state index in [0.717, 1.165) is 41.9 Å². The maximum absolute atomic E-state index is 14.4. The second kappa shape index (κ2) is 8.62. The topological polar surface area (TPSA) is 95.9 Å². The quantitative estimate of drug-likeness (QED) is 0.613. The van der Waals surface area contributed by atoms with Gasteiger partial charge >= 0.3 is 0 Å². The molecule has 34 heavy (non-hydrogen) atoms. The molecule has 1 spiro atoms. The minimum absolute atomic E-state index is 0.0719. The van der Waals surface area contributed by atoms with E-state index in [1.165, 1.54) is 6.20 Å². The lowest BCUT2D eigenvalue weighted by atomic mass is 9.86. The summed E-state index contributed by atoms with van der Waals surface area (Å²) in [4.78, 5) is 32.7. The average molecular weight is 462 g/mol. The number of aromatic nitrogens is 4. The summed E-state index contributed by atoms with van der Waals surface area (Å²) in [5.74, 6) is 0.960. The van der Waals surface area contributed by atoms with E-state index in [4.69, 9.17) is 4.98 Å². The van der Waals surface area contributed by atoms with E-state index in [-0.39, 0.29) is 11.4 Å². The largest absolute Gasteiger partial charge is 0.373 e. The zero-order valence-corrected chi connectivity index (χ0v) is 19.6. The number of fused-ring (bicyclic) bond motifs is 1. The number of nitrogens with zero attached hydrogens (tertiary/aromatic N) is 5. The highest BCUT2D eigenvalue weighted by molar-refractivity contribution is 5.84. The van der Waals surface area contributed by atoms with Crippen molar-refractivity contribution >= 4 is 17.5 Å². The number of halogens is 1. The first kappa shape index (κ1) is 22.2. The van der Waals surface area contributed by atoms with E-state index in [1.54, 1.807) is 38.5 Å². The van der Waals surface area contributed by atoms with Gasteiger partial charge in [0.1, 0.15) is 17.5 Å². The van der Waals surface area contributed by atoms with E-state index in [9.17, 15) is 9.18 Å². The summed E-state index contributed by atoms with van der Waals surface area (Å²) in [6, 6.07) is 5.53. The number of anilines is 2. The SMILES string of the molecule is CNc1cc([C@H](C)C(=O)N2CC[C@@]3(CCc4cc(-c5ncccn5)c(C)nc4N3)C2)c(F)cn1. The number of nitrogens with one attached hydrogen (secondary N) is 2. The smallest absolute Gasteiger partial charge is 0.230 e. The molecule has 0 radical (unpaired) electrons. The van der Waals surface area contributed by atoms with E-state index >= 15 is 0 Å². The number of rotatable bonds is 4. The molecule has 2 aliphatic rings. The molecule has 0 unspecified atom stereocenters. The Labute approximate surface area is 198 Å². The maximum Gasteiger partial charge on any atom is 0.230 e. The molecule has 1 amide bonds. The molecule has 176 valence electrons. The fourth-order valence-electron chi connectivity index (χ4n) is 4.99. The van der Waals surface area contributed by atoms with Gasteiger partial charge in [0.2, 0.25) is 5.91 Å². The van der Waals surface area contributed by atoms with Crippen LogP contribution < -0.4 is 10.6 Å². The number of carbonyl (C=O) groups is 1. The first-order valence-corrected chi connectivity index (χ1v) is 11.6. The molecule has 0 bridgehead atoms. The van der Waals surface area contributed by atoms with Crippen molar-refractivity contribution in [3.05, 3.63) is 59.4 Å². The van der Waals surface area contributed by atoms with Gasteiger partial charge in [0, 0.05) is 43.7 Å². The van der Waals surface area contributed by atoms with Crippen LogP contribution >= 0.6 is 0 Å². The zero-order chi connectivity index (χ0) is 23.9. The summed E-state index contributed by atoms with van der Waals surface area (Å²) in [6.07, 6.45) is 7.21. The molecule has 5 rings (SSSR count). The molecular formula is C25H28FN7O. The van der Waals surface area contributed by atoms with Crippen molar-refractivity contribution in [2.45, 2.75) is 44.6 Å². The van der Waals surface area contributed by atoms with Crippen molar-refractivity contribution in [2.75, 3.05) is 30.8 Å². The molecule has 1 saturated heterocycles. The summed E-state index contributed by atoms with van der Waals surface area (Å²) in [5.41, 5.74) is 3.08. The predicted octanol–water partition coefficient (Wildman–Crippen LogP) is 3.56. The fraction of sp³-hybridized carbons (Fsp3) is 0.400. The molecule has 0 aliphatic carbocycles. The highest BCUT2D eigenvalue weighted by Crippen LogP contribution is 2.38. The molecule has 3 aromatic heterocycles. The Hall–Kier alpha value is -3.62. The minimum atomic E-state index is -0.588. The van der Waals surface area contributed by atoms with Crippen LogP contribution in [0.1, 0.15) is 42.5 Å². The summed E-state index contributed by atoms with van der Waals surface area (Å²) < 4.78 is 14.4. The Kier molecular flexibility index (Phi) is 5.63. The second-order valence-corrected chi connectivity index (χ2v) is 9.18. The molecule has 0 saturated carbocycles. The Bertz CT molecular complexity index is 1240. The van der Waals surface area contributed by atoms with Crippen LogP contribution in [0.4, 0.5) is 16.0 Å². The van der Waals surface area contributed by atoms with Gasteiger partial charge in [0.05, 0.1) is 23.3 Å². The number of hydrogen-bond acceptors (Lipinski definition) is 7. The van der Waals surface area contributed by atoms with E-state index < -0.39 is 11.7 Å². The third kappa shape index (κ3) is 3.95. The normalized spacial score (nSPS) is 20.1. The van der Waals surface area contributed by atoms with Gasteiger partial charge in [0.15, 0.2) is 5.82 Å². The van der Waals surface area contributed by atoms with Crippen LogP contribution in [0.15, 0.2) is 36.8 Å². The van der Waals surface area contributed by atoms with Crippen LogP contribution in [-0.2, 0) is 11.2 Å². The third-order valence-electron chi connectivity index (χ3n) is 7.00. The monoisotopic (exact) mass is 461 g/mol. The molecule has 2 atom stereocenters. The highest BCUT2D eigenvalue weighted by Gasteiger charge is 2.43. The van der Waals surface area contributed by atoms with Crippen molar-refractivity contribution in [3.63, 3.8) is 0 Å². The van der Waals surface area contributed by atoms with E-state index in [0.29, 0.717) is 30.3 Å². The summed E-state index contributed by atoms with van der Waals surface area (Å²) >= 11 is 0. The number of likely N-dealkylation sites (tertiary alicyclic amines) is 1. The molecule has 3 aromatic rings. The van der Waals surface area contributed by atoms with Crippen molar-refractivity contribution in [2.24, 2.45) is 0 Å². The summed E-state index contributed by atoms with van der Waals surface area (Å²) in [7, 11) is 1.72. The Balaban J connectivity index is 1.33. The van der Waals surface area contributed by atoms with Gasteiger partial charge in [-0.3, -0.25) is 4.79 Å². The molecule has 8 nitrogen and oxygen atoms in total. The number of hydrogen-bond donors (Lipinski definition) is 2. The molecule has 2 N–H and O–H groups in total. The second-order valence-electron chi connectivity index (χ2n) is 9.18. The zero-order valence-electron chi connectivity index (χ0n) is 19.6. The van der Waals surface area contributed by atoms with Crippen molar-refractivity contribution in [3.8, 4) is 11.4 Å². The molecule has 0 aromatic carbocycles. The Morgan fingerprint density at radius 1 is 1.24 bits per heavy atom. The summed E-state index contributed by atoms with van der Waals surface area (Å²) in [5, 5.41) is 6.55. The number of aryl methyl sites for hydroxylation is 2. The van der Waals surface area contributed by atoms with Crippen LogP contribution in [0.5, 0.6) is 0 Å². The van der Waals surface area contributed by atoms with Crippen LogP contribution in [-0.4, -0.2) is 56.4 Å². The lowest BCUT2D eigenvalue weighted by molar-refractivity contribution is -0.131.